The van der Waals surface area contributed by atoms with Gasteiger partial charge in [0.15, 0.2) is 0 Å². The second kappa shape index (κ2) is 14.3. The molecule has 1 heterocycles. The summed E-state index contributed by atoms with van der Waals surface area (Å²) in [5, 5.41) is 18.2. The van der Waals surface area contributed by atoms with Gasteiger partial charge in [-0.15, -0.1) is 0 Å². The number of carbonyl (C=O) groups is 3. The number of alkyl halides is 3. The number of rotatable bonds is 13. The fraction of sp³-hybridized carbons (Fsp3) is 0.464. The van der Waals surface area contributed by atoms with Gasteiger partial charge >= 0.3 is 13.3 Å². The standard InChI is InChI=1S/C28H38BF3N6O5/c1-27(2)20-9-8-18(13-21(20)29(42)43-27)37-26(41)23(11-5-16-3-6-17(7-4-16)28(30,31)32)38-25(40)22(35)10-12-24(39)36-19(14-33)15-34/h3-4,6-9,13,19,22-23,42H,5,10-12,14-15,33-35H2,1-2H3,(H,36,39)(H,37,41)(H,38,40)/t22-,23+/m0/s1. The average Bonchev–Trinajstić information content (AvgIpc) is 3.18. The van der Waals surface area contributed by atoms with Crippen LogP contribution in [0.2, 0.25) is 0 Å². The normalized spacial score (nSPS) is 15.5. The molecule has 0 saturated carbocycles. The first-order valence-electron chi connectivity index (χ1n) is 13.9. The van der Waals surface area contributed by atoms with Crippen molar-refractivity contribution < 1.29 is 37.2 Å². The second-order valence-electron chi connectivity index (χ2n) is 10.9. The summed E-state index contributed by atoms with van der Waals surface area (Å²) in [7, 11) is -1.18. The zero-order chi connectivity index (χ0) is 31.9. The van der Waals surface area contributed by atoms with Crippen LogP contribution in [-0.4, -0.2) is 61.1 Å². The number of aryl methyl sites for hydroxylation is 1. The molecule has 3 rings (SSSR count). The number of carbonyl (C=O) groups excluding carboxylic acids is 3. The smallest absolute Gasteiger partial charge is 0.423 e. The van der Waals surface area contributed by atoms with E-state index in [1.807, 2.05) is 0 Å². The SMILES string of the molecule is CC1(C)OB(O)c2cc(NC(=O)[C@@H](CCc3ccc(C(F)(F)F)cc3)NC(=O)[C@@H](N)CCC(=O)NC(CN)CN)ccc21. The minimum atomic E-state index is -4.48. The van der Waals surface area contributed by atoms with Crippen LogP contribution in [0.15, 0.2) is 42.5 Å². The van der Waals surface area contributed by atoms with Gasteiger partial charge in [-0.05, 0) is 74.0 Å². The molecule has 2 aromatic rings. The molecular weight excluding hydrogens is 568 g/mol. The van der Waals surface area contributed by atoms with E-state index in [2.05, 4.69) is 16.0 Å². The zero-order valence-corrected chi connectivity index (χ0v) is 24.0. The van der Waals surface area contributed by atoms with Crippen LogP contribution in [0, 0.1) is 0 Å². The number of hydrogen-bond acceptors (Lipinski definition) is 8. The lowest BCUT2D eigenvalue weighted by atomic mass is 9.78. The molecule has 0 aromatic heterocycles. The van der Waals surface area contributed by atoms with E-state index in [4.69, 9.17) is 21.9 Å². The van der Waals surface area contributed by atoms with Gasteiger partial charge in [0.05, 0.1) is 23.2 Å². The van der Waals surface area contributed by atoms with Crippen LogP contribution >= 0.6 is 0 Å². The van der Waals surface area contributed by atoms with Gasteiger partial charge in [0.1, 0.15) is 6.04 Å². The number of nitrogens with one attached hydrogen (secondary N) is 3. The van der Waals surface area contributed by atoms with Crippen LogP contribution < -0.4 is 38.6 Å². The van der Waals surface area contributed by atoms with Gasteiger partial charge in [-0.3, -0.25) is 14.4 Å². The molecule has 15 heteroatoms. The van der Waals surface area contributed by atoms with Gasteiger partial charge in [-0.25, -0.2) is 0 Å². The summed E-state index contributed by atoms with van der Waals surface area (Å²) in [5.74, 6) is -1.67. The first kappa shape index (κ1) is 34.0. The Hall–Kier alpha value is -3.50. The molecule has 10 N–H and O–H groups in total. The second-order valence-corrected chi connectivity index (χ2v) is 10.9. The molecule has 11 nitrogen and oxygen atoms in total. The zero-order valence-electron chi connectivity index (χ0n) is 24.0. The molecule has 0 unspecified atom stereocenters. The molecule has 1 aliphatic heterocycles. The predicted octanol–water partition coefficient (Wildman–Crippen LogP) is 0.224. The van der Waals surface area contributed by atoms with Crippen molar-refractivity contribution in [2.75, 3.05) is 18.4 Å². The van der Waals surface area contributed by atoms with Crippen LogP contribution in [0.3, 0.4) is 0 Å². The summed E-state index contributed by atoms with van der Waals surface area (Å²) in [6.07, 6.45) is -4.39. The highest BCUT2D eigenvalue weighted by Crippen LogP contribution is 2.31. The average molecular weight is 606 g/mol. The Kier molecular flexibility index (Phi) is 11.3. The highest BCUT2D eigenvalue weighted by molar-refractivity contribution is 6.62. The molecule has 1 aliphatic rings. The van der Waals surface area contributed by atoms with Crippen molar-refractivity contribution in [3.05, 3.63) is 59.2 Å². The summed E-state index contributed by atoms with van der Waals surface area (Å²) in [6, 6.07) is 6.78. The summed E-state index contributed by atoms with van der Waals surface area (Å²) >= 11 is 0. The van der Waals surface area contributed by atoms with Crippen molar-refractivity contribution in [2.24, 2.45) is 17.2 Å². The molecule has 0 saturated heterocycles. The van der Waals surface area contributed by atoms with E-state index in [0.29, 0.717) is 16.7 Å². The topological polar surface area (TPSA) is 195 Å². The van der Waals surface area contributed by atoms with Crippen molar-refractivity contribution in [2.45, 2.75) is 69.4 Å². The third-order valence-corrected chi connectivity index (χ3v) is 7.23. The van der Waals surface area contributed by atoms with Gasteiger partial charge in [0, 0.05) is 25.2 Å². The maximum absolute atomic E-state index is 13.3. The number of benzene rings is 2. The first-order valence-corrected chi connectivity index (χ1v) is 13.9. The maximum Gasteiger partial charge on any atom is 0.492 e. The van der Waals surface area contributed by atoms with Crippen LogP contribution in [0.5, 0.6) is 0 Å². The minimum Gasteiger partial charge on any atom is -0.423 e. The Morgan fingerprint density at radius 2 is 1.65 bits per heavy atom. The lowest BCUT2D eigenvalue weighted by molar-refractivity contribution is -0.137. The van der Waals surface area contributed by atoms with Gasteiger partial charge in [0.25, 0.3) is 0 Å². The Bertz CT molecular complexity index is 1290. The molecule has 0 bridgehead atoms. The van der Waals surface area contributed by atoms with E-state index in [-0.39, 0.29) is 44.7 Å². The molecular formula is C28H38BF3N6O5. The molecule has 3 amide bonds. The van der Waals surface area contributed by atoms with Crippen molar-refractivity contribution >= 4 is 36.0 Å². The summed E-state index contributed by atoms with van der Waals surface area (Å²) in [4.78, 5) is 38.4. The molecule has 0 fully saturated rings. The van der Waals surface area contributed by atoms with E-state index < -0.39 is 54.4 Å². The summed E-state index contributed by atoms with van der Waals surface area (Å²) in [5.41, 5.74) is 17.6. The molecule has 43 heavy (non-hydrogen) atoms. The third-order valence-electron chi connectivity index (χ3n) is 7.23. The molecule has 0 aliphatic carbocycles. The van der Waals surface area contributed by atoms with Crippen molar-refractivity contribution in [1.82, 2.24) is 10.6 Å². The fourth-order valence-electron chi connectivity index (χ4n) is 4.68. The Balaban J connectivity index is 1.71. The molecule has 0 spiro atoms. The number of fused-ring (bicyclic) bond motifs is 1. The number of halogens is 3. The quantitative estimate of drug-likeness (QED) is 0.157. The largest absolute Gasteiger partial charge is 0.492 e. The Labute approximate surface area is 248 Å². The van der Waals surface area contributed by atoms with Gasteiger partial charge < -0.3 is 42.8 Å². The van der Waals surface area contributed by atoms with E-state index in [1.54, 1.807) is 32.0 Å². The summed E-state index contributed by atoms with van der Waals surface area (Å²) < 4.78 is 44.4. The first-order chi connectivity index (χ1) is 20.1. The monoisotopic (exact) mass is 606 g/mol. The Morgan fingerprint density at radius 1 is 1.00 bits per heavy atom. The lowest BCUT2D eigenvalue weighted by Gasteiger charge is -2.22. The van der Waals surface area contributed by atoms with Crippen LogP contribution in [0.25, 0.3) is 0 Å². The number of nitrogens with two attached hydrogens (primary N) is 3. The van der Waals surface area contributed by atoms with E-state index >= 15 is 0 Å². The van der Waals surface area contributed by atoms with Crippen molar-refractivity contribution in [1.29, 1.82) is 0 Å². The molecule has 0 radical (unpaired) electrons. The van der Waals surface area contributed by atoms with E-state index in [0.717, 1.165) is 17.7 Å². The highest BCUT2D eigenvalue weighted by atomic mass is 19.4. The maximum atomic E-state index is 13.3. The van der Waals surface area contributed by atoms with Gasteiger partial charge in [0.2, 0.25) is 17.7 Å². The summed E-state index contributed by atoms with van der Waals surface area (Å²) in [6.45, 7) is 3.90. The van der Waals surface area contributed by atoms with Crippen molar-refractivity contribution in [3.63, 3.8) is 0 Å². The number of hydrogen-bond donors (Lipinski definition) is 7. The lowest BCUT2D eigenvalue weighted by Crippen LogP contribution is -2.50. The molecule has 2 atom stereocenters. The van der Waals surface area contributed by atoms with Crippen LogP contribution in [0.4, 0.5) is 18.9 Å². The predicted molar refractivity (Wildman–Crippen MR) is 156 cm³/mol. The minimum absolute atomic E-state index is 0.0226. The third kappa shape index (κ3) is 9.24. The van der Waals surface area contributed by atoms with Crippen LogP contribution in [-0.2, 0) is 37.2 Å². The Morgan fingerprint density at radius 3 is 2.26 bits per heavy atom. The van der Waals surface area contributed by atoms with Crippen molar-refractivity contribution in [3.8, 4) is 0 Å². The number of amides is 3. The highest BCUT2D eigenvalue weighted by Gasteiger charge is 2.40. The molecule has 2 aromatic carbocycles. The van der Waals surface area contributed by atoms with E-state index in [9.17, 15) is 32.6 Å². The fourth-order valence-corrected chi connectivity index (χ4v) is 4.68. The van der Waals surface area contributed by atoms with Gasteiger partial charge in [-0.2, -0.15) is 13.2 Å². The van der Waals surface area contributed by atoms with Crippen LogP contribution in [0.1, 0.15) is 49.8 Å². The van der Waals surface area contributed by atoms with E-state index in [1.165, 1.54) is 12.1 Å². The van der Waals surface area contributed by atoms with Gasteiger partial charge in [-0.1, -0.05) is 18.2 Å². The molecule has 234 valence electrons. The number of anilines is 1.